The van der Waals surface area contributed by atoms with Crippen LogP contribution in [0.25, 0.3) is 0 Å². The lowest BCUT2D eigenvalue weighted by atomic mass is 10.1. The molecule has 17 heavy (non-hydrogen) atoms. The van der Waals surface area contributed by atoms with Crippen molar-refractivity contribution in [2.45, 2.75) is 6.54 Å². The molecule has 0 radical (unpaired) electrons. The van der Waals surface area contributed by atoms with Crippen molar-refractivity contribution in [3.8, 4) is 6.07 Å². The van der Waals surface area contributed by atoms with E-state index < -0.39 is 0 Å². The Morgan fingerprint density at radius 2 is 1.88 bits per heavy atom. The number of pyridine rings is 1. The molecule has 1 heterocycles. The summed E-state index contributed by atoms with van der Waals surface area (Å²) in [6, 6.07) is 12.2. The lowest BCUT2D eigenvalue weighted by molar-refractivity contribution is 0.761. The number of aromatic nitrogens is 1. The first kappa shape index (κ1) is 11.0. The predicted octanol–water partition coefficient (Wildman–Crippen LogP) is 1.35. The molecule has 1 aromatic carbocycles. The monoisotopic (exact) mass is 225 g/mol. The van der Waals surface area contributed by atoms with E-state index in [1.165, 1.54) is 10.6 Å². The van der Waals surface area contributed by atoms with Crippen LogP contribution in [0.5, 0.6) is 0 Å². The zero-order chi connectivity index (χ0) is 12.3. The third kappa shape index (κ3) is 2.52. The number of nitrogens with zero attached hydrogens (tertiary/aromatic N) is 2. The lowest BCUT2D eigenvalue weighted by Gasteiger charge is -2.06. The molecule has 0 bridgehead atoms. The second-order valence-electron chi connectivity index (χ2n) is 3.74. The lowest BCUT2D eigenvalue weighted by Crippen LogP contribution is -2.19. The SMILES string of the molecule is N#Cc1ccc(Cn2cc(N)ccc2=O)cc1. The standard InChI is InChI=1S/C13H11N3O/c14-7-10-1-3-11(4-2-10)8-16-9-12(15)5-6-13(16)17/h1-6,9H,8,15H2. The summed E-state index contributed by atoms with van der Waals surface area (Å²) in [4.78, 5) is 11.6. The largest absolute Gasteiger partial charge is 0.398 e. The molecule has 0 spiro atoms. The van der Waals surface area contributed by atoms with E-state index in [0.717, 1.165) is 5.56 Å². The summed E-state index contributed by atoms with van der Waals surface area (Å²) in [7, 11) is 0. The van der Waals surface area contributed by atoms with Crippen LogP contribution in [0.2, 0.25) is 0 Å². The third-order valence-electron chi connectivity index (χ3n) is 2.44. The van der Waals surface area contributed by atoms with Crippen molar-refractivity contribution in [3.63, 3.8) is 0 Å². The van der Waals surface area contributed by atoms with Gasteiger partial charge >= 0.3 is 0 Å². The molecule has 0 atom stereocenters. The van der Waals surface area contributed by atoms with E-state index in [-0.39, 0.29) is 5.56 Å². The highest BCUT2D eigenvalue weighted by molar-refractivity contribution is 5.35. The van der Waals surface area contributed by atoms with Gasteiger partial charge in [-0.2, -0.15) is 5.26 Å². The fraction of sp³-hybridized carbons (Fsp3) is 0.0769. The van der Waals surface area contributed by atoms with Crippen LogP contribution in [-0.4, -0.2) is 4.57 Å². The van der Waals surface area contributed by atoms with Gasteiger partial charge in [-0.05, 0) is 23.8 Å². The van der Waals surface area contributed by atoms with Crippen LogP contribution in [-0.2, 0) is 6.54 Å². The Labute approximate surface area is 98.5 Å². The first-order valence-corrected chi connectivity index (χ1v) is 5.14. The molecule has 4 nitrogen and oxygen atoms in total. The Kier molecular flexibility index (Phi) is 2.93. The number of hydrogen-bond acceptors (Lipinski definition) is 3. The number of rotatable bonds is 2. The molecule has 2 N–H and O–H groups in total. The second kappa shape index (κ2) is 4.54. The maximum absolute atomic E-state index is 11.6. The van der Waals surface area contributed by atoms with Crippen LogP contribution in [0.4, 0.5) is 5.69 Å². The van der Waals surface area contributed by atoms with Gasteiger partial charge < -0.3 is 10.3 Å². The average Bonchev–Trinajstić information content (AvgIpc) is 2.35. The molecular weight excluding hydrogens is 214 g/mol. The molecule has 2 rings (SSSR count). The molecule has 0 amide bonds. The molecule has 0 saturated carbocycles. The van der Waals surface area contributed by atoms with Crippen molar-refractivity contribution in [2.75, 3.05) is 5.73 Å². The summed E-state index contributed by atoms with van der Waals surface area (Å²) in [5.74, 6) is 0. The first-order valence-electron chi connectivity index (χ1n) is 5.14. The van der Waals surface area contributed by atoms with E-state index in [2.05, 4.69) is 0 Å². The molecule has 0 fully saturated rings. The highest BCUT2D eigenvalue weighted by atomic mass is 16.1. The van der Waals surface area contributed by atoms with Crippen LogP contribution < -0.4 is 11.3 Å². The van der Waals surface area contributed by atoms with E-state index in [1.54, 1.807) is 24.4 Å². The van der Waals surface area contributed by atoms with Crippen molar-refractivity contribution < 1.29 is 0 Å². The normalized spacial score (nSPS) is 9.82. The molecule has 0 unspecified atom stereocenters. The number of anilines is 1. The predicted molar refractivity (Wildman–Crippen MR) is 65.4 cm³/mol. The van der Waals surface area contributed by atoms with Crippen molar-refractivity contribution in [1.29, 1.82) is 5.26 Å². The topological polar surface area (TPSA) is 71.8 Å². The van der Waals surface area contributed by atoms with Crippen molar-refractivity contribution >= 4 is 5.69 Å². The van der Waals surface area contributed by atoms with Crippen LogP contribution in [0, 0.1) is 11.3 Å². The summed E-state index contributed by atoms with van der Waals surface area (Å²) in [5, 5.41) is 8.68. The van der Waals surface area contributed by atoms with Gasteiger partial charge in [-0.1, -0.05) is 12.1 Å². The third-order valence-corrected chi connectivity index (χ3v) is 2.44. The summed E-state index contributed by atoms with van der Waals surface area (Å²) in [6.45, 7) is 0.454. The molecule has 0 aliphatic rings. The highest BCUT2D eigenvalue weighted by Gasteiger charge is 1.99. The number of hydrogen-bond donors (Lipinski definition) is 1. The minimum atomic E-state index is -0.0939. The number of nitriles is 1. The fourth-order valence-electron chi connectivity index (χ4n) is 1.55. The van der Waals surface area contributed by atoms with E-state index in [1.807, 2.05) is 18.2 Å². The summed E-state index contributed by atoms with van der Waals surface area (Å²) >= 11 is 0. The van der Waals surface area contributed by atoms with Gasteiger partial charge in [0.25, 0.3) is 5.56 Å². The summed E-state index contributed by atoms with van der Waals surface area (Å²) < 4.78 is 1.54. The summed E-state index contributed by atoms with van der Waals surface area (Å²) in [5.41, 5.74) is 7.64. The zero-order valence-electron chi connectivity index (χ0n) is 9.13. The van der Waals surface area contributed by atoms with E-state index in [9.17, 15) is 4.79 Å². The Bertz CT molecular complexity index is 620. The van der Waals surface area contributed by atoms with Crippen LogP contribution in [0.1, 0.15) is 11.1 Å². The summed E-state index contributed by atoms with van der Waals surface area (Å²) in [6.07, 6.45) is 1.61. The quantitative estimate of drug-likeness (QED) is 0.838. The Morgan fingerprint density at radius 3 is 2.53 bits per heavy atom. The van der Waals surface area contributed by atoms with E-state index in [0.29, 0.717) is 17.8 Å². The Balaban J connectivity index is 2.28. The Morgan fingerprint density at radius 1 is 1.18 bits per heavy atom. The minimum absolute atomic E-state index is 0.0939. The zero-order valence-corrected chi connectivity index (χ0v) is 9.13. The number of nitrogen functional groups attached to an aromatic ring is 1. The van der Waals surface area contributed by atoms with Gasteiger partial charge in [0.15, 0.2) is 0 Å². The number of benzene rings is 1. The van der Waals surface area contributed by atoms with Gasteiger partial charge in [-0.25, -0.2) is 0 Å². The molecule has 2 aromatic rings. The van der Waals surface area contributed by atoms with E-state index in [4.69, 9.17) is 11.0 Å². The van der Waals surface area contributed by atoms with Gasteiger partial charge in [0.1, 0.15) is 0 Å². The van der Waals surface area contributed by atoms with Gasteiger partial charge in [0.05, 0.1) is 18.2 Å². The van der Waals surface area contributed by atoms with Crippen LogP contribution >= 0.6 is 0 Å². The van der Waals surface area contributed by atoms with Gasteiger partial charge in [-0.15, -0.1) is 0 Å². The maximum atomic E-state index is 11.6. The second-order valence-corrected chi connectivity index (χ2v) is 3.74. The molecular formula is C13H11N3O. The molecule has 0 aliphatic carbocycles. The molecule has 4 heteroatoms. The maximum Gasteiger partial charge on any atom is 0.250 e. The fourth-order valence-corrected chi connectivity index (χ4v) is 1.55. The smallest absolute Gasteiger partial charge is 0.250 e. The minimum Gasteiger partial charge on any atom is -0.398 e. The van der Waals surface area contributed by atoms with Gasteiger partial charge in [0.2, 0.25) is 0 Å². The van der Waals surface area contributed by atoms with Crippen LogP contribution in [0.15, 0.2) is 47.4 Å². The first-order chi connectivity index (χ1) is 8.19. The van der Waals surface area contributed by atoms with Gasteiger partial charge in [0, 0.05) is 18.0 Å². The van der Waals surface area contributed by atoms with Crippen molar-refractivity contribution in [3.05, 3.63) is 64.1 Å². The molecule has 1 aromatic heterocycles. The van der Waals surface area contributed by atoms with Crippen LogP contribution in [0.3, 0.4) is 0 Å². The average molecular weight is 225 g/mol. The molecule has 0 saturated heterocycles. The Hall–Kier alpha value is -2.54. The van der Waals surface area contributed by atoms with Crippen molar-refractivity contribution in [2.24, 2.45) is 0 Å². The van der Waals surface area contributed by atoms with Gasteiger partial charge in [-0.3, -0.25) is 4.79 Å². The molecule has 0 aliphatic heterocycles. The highest BCUT2D eigenvalue weighted by Crippen LogP contribution is 2.05. The van der Waals surface area contributed by atoms with E-state index >= 15 is 0 Å². The van der Waals surface area contributed by atoms with Crippen molar-refractivity contribution in [1.82, 2.24) is 4.57 Å². The number of nitrogens with two attached hydrogens (primary N) is 1. The molecule has 84 valence electrons.